The summed E-state index contributed by atoms with van der Waals surface area (Å²) in [5, 5.41) is 11.9. The van der Waals surface area contributed by atoms with Crippen LogP contribution in [0.15, 0.2) is 41.2 Å². The van der Waals surface area contributed by atoms with E-state index in [1.165, 1.54) is 6.07 Å². The molecule has 0 saturated heterocycles. The van der Waals surface area contributed by atoms with Gasteiger partial charge in [-0.3, -0.25) is 14.6 Å². The Morgan fingerprint density at radius 1 is 1.29 bits per heavy atom. The fourth-order valence-electron chi connectivity index (χ4n) is 1.65. The Labute approximate surface area is 120 Å². The zero-order valence-corrected chi connectivity index (χ0v) is 11.0. The summed E-state index contributed by atoms with van der Waals surface area (Å²) in [5.74, 6) is 4.74. The average Bonchev–Trinajstić information content (AvgIpc) is 2.45. The number of nitrogens with one attached hydrogen (secondary N) is 2. The lowest BCUT2D eigenvalue weighted by molar-refractivity contribution is 0.102. The summed E-state index contributed by atoms with van der Waals surface area (Å²) in [6.07, 6.45) is 0. The number of hydrogen-bond acceptors (Lipinski definition) is 4. The third-order valence-electron chi connectivity index (χ3n) is 2.57. The molecule has 0 atom stereocenters. The van der Waals surface area contributed by atoms with Crippen molar-refractivity contribution in [3.05, 3.63) is 57.9 Å². The Bertz CT molecular complexity index is 767. The van der Waals surface area contributed by atoms with Crippen molar-refractivity contribution in [3.63, 3.8) is 0 Å². The van der Waals surface area contributed by atoms with E-state index in [0.29, 0.717) is 5.69 Å². The Morgan fingerprint density at radius 3 is 2.62 bits per heavy atom. The summed E-state index contributed by atoms with van der Waals surface area (Å²) in [6, 6.07) is 9.14. The molecule has 0 aliphatic rings. The molecule has 1 heterocycles. The number of aromatic amines is 1. The van der Waals surface area contributed by atoms with Crippen molar-refractivity contribution in [2.24, 2.45) is 5.73 Å². The summed E-state index contributed by atoms with van der Waals surface area (Å²) in [4.78, 5) is 25.3. The van der Waals surface area contributed by atoms with Crippen molar-refractivity contribution >= 4 is 11.6 Å². The third kappa shape index (κ3) is 3.96. The molecule has 0 radical (unpaired) electrons. The molecule has 2 aromatic rings. The summed E-state index contributed by atoms with van der Waals surface area (Å²) in [6.45, 7) is 0.282. The highest BCUT2D eigenvalue weighted by Gasteiger charge is 2.08. The number of pyridine rings is 1. The Morgan fingerprint density at radius 2 is 2.00 bits per heavy atom. The molecule has 0 saturated carbocycles. The Balaban J connectivity index is 2.14. The van der Waals surface area contributed by atoms with Gasteiger partial charge < -0.3 is 16.2 Å². The molecule has 0 unspecified atom stereocenters. The van der Waals surface area contributed by atoms with Crippen molar-refractivity contribution in [1.82, 2.24) is 4.98 Å². The second kappa shape index (κ2) is 6.41. The molecule has 0 fully saturated rings. The van der Waals surface area contributed by atoms with Gasteiger partial charge in [0, 0.05) is 23.4 Å². The monoisotopic (exact) mass is 283 g/mol. The minimum atomic E-state index is -0.549. The summed E-state index contributed by atoms with van der Waals surface area (Å²) < 4.78 is 0. The Kier molecular flexibility index (Phi) is 4.39. The van der Waals surface area contributed by atoms with Crippen LogP contribution in [0.1, 0.15) is 15.9 Å². The molecule has 1 aromatic carbocycles. The number of anilines is 1. The standard InChI is InChI=1S/C15H13N3O3/c16-7-1-2-10-3-5-12(6-4-10)17-15(21)11-8-13(19)18-14(20)9-11/h3-6,8-9H,7,16H2,(H,17,21)(H2,18,19,20). The molecule has 6 nitrogen and oxygen atoms in total. The van der Waals surface area contributed by atoms with Crippen LogP contribution in [0.5, 0.6) is 5.88 Å². The van der Waals surface area contributed by atoms with Crippen molar-refractivity contribution in [2.45, 2.75) is 0 Å². The van der Waals surface area contributed by atoms with Crippen LogP contribution in [0.3, 0.4) is 0 Å². The van der Waals surface area contributed by atoms with Gasteiger partial charge in [0.25, 0.3) is 11.5 Å². The van der Waals surface area contributed by atoms with Gasteiger partial charge in [0.05, 0.1) is 12.1 Å². The zero-order chi connectivity index (χ0) is 15.2. The Hall–Kier alpha value is -3.04. The maximum absolute atomic E-state index is 12.0. The van der Waals surface area contributed by atoms with Gasteiger partial charge in [-0.25, -0.2) is 0 Å². The summed E-state index contributed by atoms with van der Waals surface area (Å²) in [5.41, 5.74) is 6.14. The second-order valence-corrected chi connectivity index (χ2v) is 4.16. The van der Waals surface area contributed by atoms with Gasteiger partial charge in [-0.1, -0.05) is 11.8 Å². The fourth-order valence-corrected chi connectivity index (χ4v) is 1.65. The highest BCUT2D eigenvalue weighted by atomic mass is 16.3. The van der Waals surface area contributed by atoms with Crippen molar-refractivity contribution < 1.29 is 9.90 Å². The van der Waals surface area contributed by atoms with E-state index >= 15 is 0 Å². The first-order chi connectivity index (χ1) is 10.1. The van der Waals surface area contributed by atoms with E-state index < -0.39 is 11.5 Å². The smallest absolute Gasteiger partial charge is 0.256 e. The molecule has 6 heteroatoms. The van der Waals surface area contributed by atoms with Crippen molar-refractivity contribution in [3.8, 4) is 17.7 Å². The highest BCUT2D eigenvalue weighted by Crippen LogP contribution is 2.11. The van der Waals surface area contributed by atoms with Crippen LogP contribution in [0.4, 0.5) is 5.69 Å². The van der Waals surface area contributed by atoms with Crippen LogP contribution in [0.25, 0.3) is 0 Å². The molecule has 0 spiro atoms. The van der Waals surface area contributed by atoms with E-state index in [4.69, 9.17) is 5.73 Å². The maximum atomic E-state index is 12.0. The lowest BCUT2D eigenvalue weighted by atomic mass is 10.2. The normalized spacial score (nSPS) is 9.57. The van der Waals surface area contributed by atoms with Gasteiger partial charge in [-0.2, -0.15) is 0 Å². The van der Waals surface area contributed by atoms with Gasteiger partial charge in [-0.05, 0) is 24.3 Å². The number of carbonyl (C=O) groups is 1. The summed E-state index contributed by atoms with van der Waals surface area (Å²) in [7, 11) is 0. The topological polar surface area (TPSA) is 108 Å². The van der Waals surface area contributed by atoms with Crippen LogP contribution in [-0.4, -0.2) is 22.5 Å². The van der Waals surface area contributed by atoms with E-state index in [9.17, 15) is 14.7 Å². The number of aromatic hydroxyl groups is 1. The van der Waals surface area contributed by atoms with Crippen molar-refractivity contribution in [2.75, 3.05) is 11.9 Å². The first kappa shape index (κ1) is 14.4. The van der Waals surface area contributed by atoms with Crippen LogP contribution in [-0.2, 0) is 0 Å². The van der Waals surface area contributed by atoms with Gasteiger partial charge in [0.15, 0.2) is 5.88 Å². The minimum absolute atomic E-state index is 0.0725. The van der Waals surface area contributed by atoms with Crippen LogP contribution < -0.4 is 16.6 Å². The molecule has 0 aliphatic heterocycles. The second-order valence-electron chi connectivity index (χ2n) is 4.16. The highest BCUT2D eigenvalue weighted by molar-refractivity contribution is 6.04. The molecule has 21 heavy (non-hydrogen) atoms. The van der Waals surface area contributed by atoms with Crippen LogP contribution >= 0.6 is 0 Å². The van der Waals surface area contributed by atoms with Crippen molar-refractivity contribution in [1.29, 1.82) is 0 Å². The van der Waals surface area contributed by atoms with Gasteiger partial charge in [0.1, 0.15) is 0 Å². The van der Waals surface area contributed by atoms with E-state index in [1.54, 1.807) is 24.3 Å². The van der Waals surface area contributed by atoms with E-state index in [0.717, 1.165) is 11.6 Å². The molecule has 2 rings (SSSR count). The number of carbonyl (C=O) groups excluding carboxylic acids is 1. The number of rotatable bonds is 2. The lowest BCUT2D eigenvalue weighted by Crippen LogP contribution is -2.15. The number of benzene rings is 1. The molecule has 106 valence electrons. The lowest BCUT2D eigenvalue weighted by Gasteiger charge is -2.05. The van der Waals surface area contributed by atoms with E-state index in [1.807, 2.05) is 0 Å². The molecule has 0 bridgehead atoms. The maximum Gasteiger partial charge on any atom is 0.256 e. The van der Waals surface area contributed by atoms with Gasteiger partial charge >= 0.3 is 0 Å². The zero-order valence-electron chi connectivity index (χ0n) is 11.0. The quantitative estimate of drug-likeness (QED) is 0.606. The summed E-state index contributed by atoms with van der Waals surface area (Å²) >= 11 is 0. The van der Waals surface area contributed by atoms with E-state index in [-0.39, 0.29) is 18.0 Å². The van der Waals surface area contributed by atoms with Gasteiger partial charge in [0.2, 0.25) is 0 Å². The van der Waals surface area contributed by atoms with Crippen LogP contribution in [0.2, 0.25) is 0 Å². The number of hydrogen-bond donors (Lipinski definition) is 4. The molecule has 5 N–H and O–H groups in total. The predicted molar refractivity (Wildman–Crippen MR) is 79.1 cm³/mol. The van der Waals surface area contributed by atoms with Crippen LogP contribution in [0, 0.1) is 11.8 Å². The van der Waals surface area contributed by atoms with Gasteiger partial charge in [-0.15, -0.1) is 0 Å². The number of nitrogens with two attached hydrogens (primary N) is 1. The minimum Gasteiger partial charge on any atom is -0.494 e. The number of amides is 1. The first-order valence-electron chi connectivity index (χ1n) is 6.12. The largest absolute Gasteiger partial charge is 0.494 e. The predicted octanol–water partition coefficient (Wildman–Crippen LogP) is 0.643. The molecule has 1 aromatic heterocycles. The fraction of sp³-hybridized carbons (Fsp3) is 0.0667. The molecular weight excluding hydrogens is 270 g/mol. The molecule has 1 amide bonds. The number of H-pyrrole nitrogens is 1. The number of aromatic nitrogens is 1. The third-order valence-corrected chi connectivity index (χ3v) is 2.57. The molecule has 0 aliphatic carbocycles. The SMILES string of the molecule is NCC#Cc1ccc(NC(=O)c2cc(O)[nH]c(=O)c2)cc1. The first-order valence-corrected chi connectivity index (χ1v) is 6.12. The molecular formula is C15H13N3O3. The average molecular weight is 283 g/mol. The van der Waals surface area contributed by atoms with E-state index in [2.05, 4.69) is 22.1 Å².